The molecule has 0 saturated carbocycles. The summed E-state index contributed by atoms with van der Waals surface area (Å²) in [7, 11) is 0. The Bertz CT molecular complexity index is 842. The molecule has 1 fully saturated rings. The summed E-state index contributed by atoms with van der Waals surface area (Å²) in [5.74, 6) is -0.245. The normalized spacial score (nSPS) is 16.8. The van der Waals surface area contributed by atoms with Crippen LogP contribution >= 0.6 is 0 Å². The highest BCUT2D eigenvalue weighted by Gasteiger charge is 2.31. The highest BCUT2D eigenvalue weighted by atomic mass is 16.6. The van der Waals surface area contributed by atoms with E-state index in [0.29, 0.717) is 37.4 Å². The fraction of sp³-hybridized carbons (Fsp3) is 0.368. The van der Waals surface area contributed by atoms with E-state index in [4.69, 9.17) is 9.15 Å². The molecule has 1 amide bonds. The van der Waals surface area contributed by atoms with E-state index in [1.807, 2.05) is 0 Å². The number of benzene rings is 1. The number of hydrogen-bond donors (Lipinski definition) is 0. The number of nitro benzene ring substituents is 1. The van der Waals surface area contributed by atoms with Gasteiger partial charge in [0.05, 0.1) is 17.4 Å². The number of furan rings is 1. The predicted molar refractivity (Wildman–Crippen MR) is 96.1 cm³/mol. The molecule has 1 saturated heterocycles. The minimum atomic E-state index is -0.475. The summed E-state index contributed by atoms with van der Waals surface area (Å²) in [5.41, 5.74) is 0.627. The van der Waals surface area contributed by atoms with Crippen molar-refractivity contribution in [2.24, 2.45) is 5.92 Å². The molecule has 1 aromatic heterocycles. The van der Waals surface area contributed by atoms with Gasteiger partial charge in [-0.05, 0) is 44.0 Å². The Kier molecular flexibility index (Phi) is 5.54. The van der Waals surface area contributed by atoms with E-state index in [2.05, 4.69) is 0 Å². The number of ether oxygens (including phenoxy) is 1. The van der Waals surface area contributed by atoms with Crippen LogP contribution in [0, 0.1) is 16.0 Å². The van der Waals surface area contributed by atoms with Crippen LogP contribution in [0.15, 0.2) is 40.8 Å². The van der Waals surface area contributed by atoms with Crippen LogP contribution in [0.1, 0.15) is 30.3 Å². The molecule has 1 aliphatic rings. The third-order valence-electron chi connectivity index (χ3n) is 4.51. The molecule has 8 nitrogen and oxygen atoms in total. The van der Waals surface area contributed by atoms with Crippen LogP contribution in [-0.4, -0.2) is 41.4 Å². The molecule has 142 valence electrons. The van der Waals surface area contributed by atoms with Gasteiger partial charge in [0.1, 0.15) is 5.76 Å². The van der Waals surface area contributed by atoms with Crippen LogP contribution in [0.3, 0.4) is 0 Å². The molecule has 0 aliphatic carbocycles. The van der Waals surface area contributed by atoms with Gasteiger partial charge in [0, 0.05) is 30.8 Å². The van der Waals surface area contributed by atoms with E-state index < -0.39 is 4.92 Å². The molecular weight excluding hydrogens is 352 g/mol. The van der Waals surface area contributed by atoms with Crippen molar-refractivity contribution in [3.63, 3.8) is 0 Å². The van der Waals surface area contributed by atoms with Crippen LogP contribution in [0.2, 0.25) is 0 Å². The number of carbonyl (C=O) groups is 2. The first kappa shape index (κ1) is 18.6. The maximum Gasteiger partial charge on any atom is 0.310 e. The SMILES string of the molecule is CCOC(=O)[C@@H]1CCCN(C(=O)c2ccc(-c3ccc([N+](=O)[O-])cc3)o2)C1. The van der Waals surface area contributed by atoms with Crippen LogP contribution in [-0.2, 0) is 9.53 Å². The van der Waals surface area contributed by atoms with Crippen molar-refractivity contribution in [1.29, 1.82) is 0 Å². The van der Waals surface area contributed by atoms with Crippen molar-refractivity contribution in [3.05, 3.63) is 52.3 Å². The molecule has 2 aromatic rings. The second kappa shape index (κ2) is 8.03. The van der Waals surface area contributed by atoms with E-state index in [1.54, 1.807) is 36.1 Å². The van der Waals surface area contributed by atoms with E-state index in [-0.39, 0.29) is 29.2 Å². The van der Waals surface area contributed by atoms with Crippen molar-refractivity contribution < 1.29 is 23.7 Å². The lowest BCUT2D eigenvalue weighted by molar-refractivity contribution is -0.384. The van der Waals surface area contributed by atoms with E-state index in [9.17, 15) is 19.7 Å². The Balaban J connectivity index is 1.71. The van der Waals surface area contributed by atoms with Gasteiger partial charge in [-0.15, -0.1) is 0 Å². The van der Waals surface area contributed by atoms with E-state index in [0.717, 1.165) is 6.42 Å². The molecule has 1 atom stereocenters. The molecule has 1 aromatic carbocycles. The monoisotopic (exact) mass is 372 g/mol. The van der Waals surface area contributed by atoms with Crippen molar-refractivity contribution in [1.82, 2.24) is 4.90 Å². The van der Waals surface area contributed by atoms with Gasteiger partial charge >= 0.3 is 5.97 Å². The molecule has 1 aliphatic heterocycles. The number of esters is 1. The standard InChI is InChI=1S/C19H20N2O6/c1-2-26-19(23)14-4-3-11-20(12-14)18(22)17-10-9-16(27-17)13-5-7-15(8-6-13)21(24)25/h5-10,14H,2-4,11-12H2,1H3/t14-/m1/s1. The topological polar surface area (TPSA) is 103 Å². The summed E-state index contributed by atoms with van der Waals surface area (Å²) in [5, 5.41) is 10.7. The highest BCUT2D eigenvalue weighted by molar-refractivity contribution is 5.92. The average molecular weight is 372 g/mol. The molecule has 3 rings (SSSR count). The number of rotatable bonds is 5. The van der Waals surface area contributed by atoms with Crippen LogP contribution in [0.5, 0.6) is 0 Å². The Hall–Kier alpha value is -3.16. The second-order valence-electron chi connectivity index (χ2n) is 6.31. The lowest BCUT2D eigenvalue weighted by Crippen LogP contribution is -2.42. The summed E-state index contributed by atoms with van der Waals surface area (Å²) in [6.45, 7) is 2.94. The van der Waals surface area contributed by atoms with Crippen molar-refractivity contribution in [2.45, 2.75) is 19.8 Å². The zero-order valence-electron chi connectivity index (χ0n) is 14.9. The molecule has 2 heterocycles. The Labute approximate surface area is 155 Å². The van der Waals surface area contributed by atoms with Gasteiger partial charge < -0.3 is 14.1 Å². The number of nitro groups is 1. The zero-order valence-corrected chi connectivity index (χ0v) is 14.9. The number of non-ortho nitro benzene ring substituents is 1. The van der Waals surface area contributed by atoms with Gasteiger partial charge in [-0.3, -0.25) is 19.7 Å². The fourth-order valence-corrected chi connectivity index (χ4v) is 3.13. The Morgan fingerprint density at radius 3 is 2.67 bits per heavy atom. The predicted octanol–water partition coefficient (Wildman–Crippen LogP) is 3.27. The molecular formula is C19H20N2O6. The number of amides is 1. The summed E-state index contributed by atoms with van der Waals surface area (Å²) in [6.07, 6.45) is 1.43. The molecule has 0 radical (unpaired) electrons. The summed E-state index contributed by atoms with van der Waals surface area (Å²) in [6, 6.07) is 9.14. The molecule has 0 N–H and O–H groups in total. The number of hydrogen-bond acceptors (Lipinski definition) is 6. The van der Waals surface area contributed by atoms with Crippen LogP contribution in [0.25, 0.3) is 11.3 Å². The number of nitrogens with zero attached hydrogens (tertiary/aromatic N) is 2. The van der Waals surface area contributed by atoms with Gasteiger partial charge in [0.25, 0.3) is 11.6 Å². The molecule has 27 heavy (non-hydrogen) atoms. The largest absolute Gasteiger partial charge is 0.466 e. The fourth-order valence-electron chi connectivity index (χ4n) is 3.13. The minimum Gasteiger partial charge on any atom is -0.466 e. The minimum absolute atomic E-state index is 0.0140. The van der Waals surface area contributed by atoms with Gasteiger partial charge in [-0.2, -0.15) is 0 Å². The highest BCUT2D eigenvalue weighted by Crippen LogP contribution is 2.26. The smallest absolute Gasteiger partial charge is 0.310 e. The van der Waals surface area contributed by atoms with Crippen molar-refractivity contribution >= 4 is 17.6 Å². The van der Waals surface area contributed by atoms with Crippen molar-refractivity contribution in [2.75, 3.05) is 19.7 Å². The maximum atomic E-state index is 12.7. The maximum absolute atomic E-state index is 12.7. The third kappa shape index (κ3) is 4.16. The molecule has 0 spiro atoms. The van der Waals surface area contributed by atoms with E-state index in [1.165, 1.54) is 12.1 Å². The van der Waals surface area contributed by atoms with Gasteiger partial charge in [0.2, 0.25) is 0 Å². The van der Waals surface area contributed by atoms with Crippen LogP contribution < -0.4 is 0 Å². The summed E-state index contributed by atoms with van der Waals surface area (Å²) >= 11 is 0. The molecule has 0 unspecified atom stereocenters. The Morgan fingerprint density at radius 2 is 2.00 bits per heavy atom. The summed E-state index contributed by atoms with van der Waals surface area (Å²) in [4.78, 5) is 36.5. The first-order valence-corrected chi connectivity index (χ1v) is 8.80. The quantitative estimate of drug-likeness (QED) is 0.453. The first-order valence-electron chi connectivity index (χ1n) is 8.80. The number of carbonyl (C=O) groups excluding carboxylic acids is 2. The van der Waals surface area contributed by atoms with E-state index >= 15 is 0 Å². The van der Waals surface area contributed by atoms with Gasteiger partial charge in [-0.25, -0.2) is 0 Å². The van der Waals surface area contributed by atoms with Crippen molar-refractivity contribution in [3.8, 4) is 11.3 Å². The first-order chi connectivity index (χ1) is 13.0. The lowest BCUT2D eigenvalue weighted by Gasteiger charge is -2.30. The zero-order chi connectivity index (χ0) is 19.4. The number of piperidine rings is 1. The van der Waals surface area contributed by atoms with Gasteiger partial charge in [-0.1, -0.05) is 0 Å². The van der Waals surface area contributed by atoms with Crippen LogP contribution in [0.4, 0.5) is 5.69 Å². The lowest BCUT2D eigenvalue weighted by atomic mass is 9.98. The summed E-state index contributed by atoms with van der Waals surface area (Å²) < 4.78 is 10.7. The molecule has 0 bridgehead atoms. The number of likely N-dealkylation sites (tertiary alicyclic amines) is 1. The average Bonchev–Trinajstić information content (AvgIpc) is 3.18. The Morgan fingerprint density at radius 1 is 1.26 bits per heavy atom. The molecule has 8 heteroatoms. The third-order valence-corrected chi connectivity index (χ3v) is 4.51. The second-order valence-corrected chi connectivity index (χ2v) is 6.31. The van der Waals surface area contributed by atoms with Gasteiger partial charge in [0.15, 0.2) is 5.76 Å².